The fourth-order valence-corrected chi connectivity index (χ4v) is 4.10. The molecule has 2 atom stereocenters. The summed E-state index contributed by atoms with van der Waals surface area (Å²) in [6.45, 7) is 2.65. The molecule has 0 unspecified atom stereocenters. The highest BCUT2D eigenvalue weighted by Crippen LogP contribution is 2.24. The van der Waals surface area contributed by atoms with E-state index in [1.54, 1.807) is 18.1 Å². The van der Waals surface area contributed by atoms with E-state index in [1.807, 2.05) is 24.3 Å². The highest BCUT2D eigenvalue weighted by Gasteiger charge is 2.26. The van der Waals surface area contributed by atoms with Gasteiger partial charge in [0.1, 0.15) is 5.75 Å². The van der Waals surface area contributed by atoms with Crippen LogP contribution in [0.25, 0.3) is 11.3 Å². The van der Waals surface area contributed by atoms with Crippen molar-refractivity contribution >= 4 is 11.8 Å². The summed E-state index contributed by atoms with van der Waals surface area (Å²) in [7, 11) is 1.60. The molecule has 178 valence electrons. The monoisotopic (exact) mass is 457 g/mol. The van der Waals surface area contributed by atoms with Crippen LogP contribution < -0.4 is 10.1 Å². The van der Waals surface area contributed by atoms with Gasteiger partial charge in [-0.15, -0.1) is 0 Å². The van der Waals surface area contributed by atoms with Crippen molar-refractivity contribution in [3.05, 3.63) is 36.0 Å². The lowest BCUT2D eigenvalue weighted by atomic mass is 10.1. The molecule has 9 nitrogen and oxygen atoms in total. The van der Waals surface area contributed by atoms with Gasteiger partial charge in [0.15, 0.2) is 11.5 Å². The molecule has 0 bridgehead atoms. The Morgan fingerprint density at radius 3 is 2.52 bits per heavy atom. The Morgan fingerprint density at radius 2 is 1.85 bits per heavy atom. The van der Waals surface area contributed by atoms with Gasteiger partial charge in [-0.05, 0) is 49.9 Å². The smallest absolute Gasteiger partial charge is 0.276 e. The molecule has 2 aliphatic heterocycles. The molecule has 2 amide bonds. The number of benzene rings is 1. The summed E-state index contributed by atoms with van der Waals surface area (Å²) in [6.07, 6.45) is 4.12. The van der Waals surface area contributed by atoms with Crippen molar-refractivity contribution in [3.63, 3.8) is 0 Å². The Kier molecular flexibility index (Phi) is 7.96. The number of hydrogen-bond donors (Lipinski definition) is 1. The first kappa shape index (κ1) is 23.3. The molecule has 33 heavy (non-hydrogen) atoms. The Bertz CT molecular complexity index is 917. The molecular formula is C24H31N3O6. The number of ether oxygens (including phenoxy) is 3. The molecule has 2 aromatic rings. The van der Waals surface area contributed by atoms with Crippen molar-refractivity contribution in [2.24, 2.45) is 0 Å². The molecule has 0 saturated carbocycles. The van der Waals surface area contributed by atoms with Gasteiger partial charge in [-0.25, -0.2) is 0 Å². The van der Waals surface area contributed by atoms with Crippen LogP contribution in [0.1, 0.15) is 42.6 Å². The highest BCUT2D eigenvalue weighted by atomic mass is 16.5. The van der Waals surface area contributed by atoms with Crippen molar-refractivity contribution in [3.8, 4) is 17.1 Å². The molecule has 2 saturated heterocycles. The number of methoxy groups -OCH3 is 1. The summed E-state index contributed by atoms with van der Waals surface area (Å²) in [4.78, 5) is 27.2. The predicted octanol–water partition coefficient (Wildman–Crippen LogP) is 2.66. The third-order valence-corrected chi connectivity index (χ3v) is 6.00. The number of carbonyl (C=O) groups excluding carboxylic acids is 2. The molecule has 0 aliphatic carbocycles. The molecule has 3 heterocycles. The number of amides is 2. The SMILES string of the molecule is COc1ccc(-c2cc(C(=O)N(CCC(=O)NC[C@H]3CCCO3)C[C@H]3CCCO3)no2)cc1. The Hall–Kier alpha value is -2.91. The minimum Gasteiger partial charge on any atom is -0.497 e. The average molecular weight is 458 g/mol. The lowest BCUT2D eigenvalue weighted by Gasteiger charge is -2.24. The van der Waals surface area contributed by atoms with E-state index in [-0.39, 0.29) is 42.7 Å². The molecular weight excluding hydrogens is 426 g/mol. The van der Waals surface area contributed by atoms with E-state index in [4.69, 9.17) is 18.7 Å². The maximum Gasteiger partial charge on any atom is 0.276 e. The summed E-state index contributed by atoms with van der Waals surface area (Å²) >= 11 is 0. The molecule has 1 N–H and O–H groups in total. The number of hydrogen-bond acceptors (Lipinski definition) is 7. The molecule has 9 heteroatoms. The van der Waals surface area contributed by atoms with Crippen molar-refractivity contribution < 1.29 is 28.3 Å². The van der Waals surface area contributed by atoms with Gasteiger partial charge in [-0.2, -0.15) is 0 Å². The van der Waals surface area contributed by atoms with Crippen molar-refractivity contribution in [1.29, 1.82) is 0 Å². The Balaban J connectivity index is 1.38. The minimum absolute atomic E-state index is 0.0307. The number of rotatable bonds is 10. The zero-order valence-electron chi connectivity index (χ0n) is 19.0. The van der Waals surface area contributed by atoms with Crippen LogP contribution in [0.3, 0.4) is 0 Å². The summed E-state index contributed by atoms with van der Waals surface area (Å²) in [5.74, 6) is 0.845. The molecule has 0 spiro atoms. The van der Waals surface area contributed by atoms with E-state index < -0.39 is 0 Å². The van der Waals surface area contributed by atoms with Gasteiger partial charge in [0, 0.05) is 50.9 Å². The second-order valence-electron chi connectivity index (χ2n) is 8.38. The Labute approximate surface area is 193 Å². The van der Waals surface area contributed by atoms with Crippen molar-refractivity contribution in [2.45, 2.75) is 44.3 Å². The third kappa shape index (κ3) is 6.33. The second-order valence-corrected chi connectivity index (χ2v) is 8.38. The van der Waals surface area contributed by atoms with Gasteiger partial charge in [0.2, 0.25) is 5.91 Å². The maximum absolute atomic E-state index is 13.2. The van der Waals surface area contributed by atoms with E-state index in [0.29, 0.717) is 25.5 Å². The lowest BCUT2D eigenvalue weighted by molar-refractivity contribution is -0.121. The first-order valence-corrected chi connectivity index (χ1v) is 11.5. The molecule has 2 aliphatic rings. The van der Waals surface area contributed by atoms with Crippen LogP contribution >= 0.6 is 0 Å². The van der Waals surface area contributed by atoms with Crippen LogP contribution in [0.2, 0.25) is 0 Å². The summed E-state index contributed by atoms with van der Waals surface area (Å²) < 4.78 is 21.9. The van der Waals surface area contributed by atoms with Crippen LogP contribution in [-0.2, 0) is 14.3 Å². The predicted molar refractivity (Wildman–Crippen MR) is 120 cm³/mol. The second kappa shape index (κ2) is 11.3. The fraction of sp³-hybridized carbons (Fsp3) is 0.542. The fourth-order valence-electron chi connectivity index (χ4n) is 4.10. The topological polar surface area (TPSA) is 103 Å². The van der Waals surface area contributed by atoms with E-state index >= 15 is 0 Å². The summed E-state index contributed by atoms with van der Waals surface area (Å²) in [5.41, 5.74) is 1.00. The molecule has 4 rings (SSSR count). The molecule has 1 aromatic heterocycles. The van der Waals surface area contributed by atoms with Gasteiger partial charge in [0.05, 0.1) is 19.3 Å². The summed E-state index contributed by atoms with van der Waals surface area (Å²) in [5, 5.41) is 6.90. The normalized spacial score (nSPS) is 20.0. The average Bonchev–Trinajstić information content (AvgIpc) is 3.63. The van der Waals surface area contributed by atoms with Crippen LogP contribution in [-0.4, -0.2) is 74.0 Å². The van der Waals surface area contributed by atoms with Gasteiger partial charge in [0.25, 0.3) is 5.91 Å². The number of carbonyl (C=O) groups is 2. The third-order valence-electron chi connectivity index (χ3n) is 6.00. The molecule has 1 aromatic carbocycles. The van der Waals surface area contributed by atoms with Gasteiger partial charge < -0.3 is 29.0 Å². The minimum atomic E-state index is -0.277. The van der Waals surface area contributed by atoms with Crippen LogP contribution in [0.4, 0.5) is 0 Å². The van der Waals surface area contributed by atoms with E-state index in [9.17, 15) is 9.59 Å². The van der Waals surface area contributed by atoms with Gasteiger partial charge in [-0.3, -0.25) is 9.59 Å². The number of aromatic nitrogens is 1. The lowest BCUT2D eigenvalue weighted by Crippen LogP contribution is -2.40. The quantitative estimate of drug-likeness (QED) is 0.585. The zero-order chi connectivity index (χ0) is 23.0. The van der Waals surface area contributed by atoms with Crippen molar-refractivity contribution in [1.82, 2.24) is 15.4 Å². The maximum atomic E-state index is 13.2. The summed E-state index contributed by atoms with van der Waals surface area (Å²) in [6, 6.07) is 8.95. The van der Waals surface area contributed by atoms with Crippen LogP contribution in [0.15, 0.2) is 34.9 Å². The molecule has 0 radical (unpaired) electrons. The first-order chi connectivity index (χ1) is 16.1. The first-order valence-electron chi connectivity index (χ1n) is 11.5. The van der Waals surface area contributed by atoms with E-state index in [2.05, 4.69) is 10.5 Å². The van der Waals surface area contributed by atoms with Gasteiger partial charge >= 0.3 is 0 Å². The van der Waals surface area contributed by atoms with E-state index in [0.717, 1.165) is 43.6 Å². The highest BCUT2D eigenvalue weighted by molar-refractivity contribution is 5.93. The number of nitrogens with one attached hydrogen (secondary N) is 1. The molecule has 2 fully saturated rings. The Morgan fingerprint density at radius 1 is 1.12 bits per heavy atom. The van der Waals surface area contributed by atoms with Crippen molar-refractivity contribution in [2.75, 3.05) is 40.0 Å². The van der Waals surface area contributed by atoms with E-state index in [1.165, 1.54) is 0 Å². The van der Waals surface area contributed by atoms with Crippen LogP contribution in [0.5, 0.6) is 5.75 Å². The van der Waals surface area contributed by atoms with Crippen LogP contribution in [0, 0.1) is 0 Å². The largest absolute Gasteiger partial charge is 0.497 e. The number of nitrogens with zero attached hydrogens (tertiary/aromatic N) is 2. The van der Waals surface area contributed by atoms with Gasteiger partial charge in [-0.1, -0.05) is 5.16 Å². The zero-order valence-corrected chi connectivity index (χ0v) is 19.0. The standard InChI is InChI=1S/C24H31N3O6/c1-30-18-8-6-17(7-9-18)22-14-21(26-33-22)24(29)27(16-20-5-3-13-32-20)11-10-23(28)25-15-19-4-2-12-31-19/h6-9,14,19-20H,2-5,10-13,15-16H2,1H3,(H,25,28)/t19-,20-/m1/s1.